The smallest absolute Gasteiger partial charge is 0.335 e. The summed E-state index contributed by atoms with van der Waals surface area (Å²) < 4.78 is 42.6. The second-order valence-corrected chi connectivity index (χ2v) is 10.4. The maximum atomic E-state index is 13.2. The lowest BCUT2D eigenvalue weighted by Crippen LogP contribution is -2.64. The predicted octanol–water partition coefficient (Wildman–Crippen LogP) is 4.34. The van der Waals surface area contributed by atoms with E-state index in [0.29, 0.717) is 43.0 Å². The van der Waals surface area contributed by atoms with E-state index in [1.165, 1.54) is 23.7 Å². The van der Waals surface area contributed by atoms with Crippen molar-refractivity contribution >= 4 is 23.3 Å². The number of alkyl halides is 3. The van der Waals surface area contributed by atoms with Crippen LogP contribution in [0.1, 0.15) is 42.3 Å². The van der Waals surface area contributed by atoms with Crippen LogP contribution in [0.15, 0.2) is 54.7 Å². The van der Waals surface area contributed by atoms with Crippen molar-refractivity contribution in [3.05, 3.63) is 87.4 Å². The fourth-order valence-electron chi connectivity index (χ4n) is 4.93. The molecular formula is C27H27F3N4O2S. The summed E-state index contributed by atoms with van der Waals surface area (Å²) in [6.07, 6.45) is -2.26. The maximum Gasteiger partial charge on any atom is 0.416 e. The van der Waals surface area contributed by atoms with Gasteiger partial charge in [-0.25, -0.2) is 4.37 Å². The Bertz CT molecular complexity index is 1260. The Labute approximate surface area is 217 Å². The summed E-state index contributed by atoms with van der Waals surface area (Å²) in [4.78, 5) is 32.5. The highest BCUT2D eigenvalue weighted by Crippen LogP contribution is 2.30. The van der Waals surface area contributed by atoms with Gasteiger partial charge in [-0.1, -0.05) is 24.3 Å². The molecule has 0 aliphatic carbocycles. The molecule has 2 saturated heterocycles. The number of likely N-dealkylation sites (tertiary alicyclic amines) is 1. The molecule has 6 nitrogen and oxygen atoms in total. The van der Waals surface area contributed by atoms with E-state index in [1.54, 1.807) is 12.3 Å². The second kappa shape index (κ2) is 10.3. The summed E-state index contributed by atoms with van der Waals surface area (Å²) in [5.41, 5.74) is 2.49. The third-order valence-corrected chi connectivity index (χ3v) is 8.00. The van der Waals surface area contributed by atoms with Crippen molar-refractivity contribution in [3.63, 3.8) is 0 Å². The van der Waals surface area contributed by atoms with Gasteiger partial charge in [0.25, 0.3) is 11.8 Å². The molecule has 194 valence electrons. The van der Waals surface area contributed by atoms with E-state index in [9.17, 15) is 22.8 Å². The molecule has 0 spiro atoms. The number of hydrogen-bond acceptors (Lipinski definition) is 5. The Hall–Kier alpha value is -3.24. The van der Waals surface area contributed by atoms with Gasteiger partial charge in [-0.05, 0) is 65.8 Å². The van der Waals surface area contributed by atoms with E-state index in [0.717, 1.165) is 41.9 Å². The molecule has 37 heavy (non-hydrogen) atoms. The Balaban J connectivity index is 1.16. The number of piperazine rings is 1. The SMILES string of the molecule is Cc1c(Cc2ccc(C(F)(F)F)cc2)cccc1C(=O)N1CC(N2CCN(C(=O)c3ccns3)CC2)C1. The Morgan fingerprint density at radius 2 is 1.65 bits per heavy atom. The summed E-state index contributed by atoms with van der Waals surface area (Å²) in [6.45, 7) is 6.05. The standard InChI is InChI=1S/C27H27F3N4O2S/c1-18-20(15-19-5-7-21(8-6-19)27(28,29)30)3-2-4-23(18)25(35)34-16-22(17-34)32-11-13-33(14-12-32)26(36)24-9-10-31-37-24/h2-10,22H,11-17H2,1H3. The van der Waals surface area contributed by atoms with Gasteiger partial charge >= 0.3 is 6.18 Å². The fraction of sp³-hybridized carbons (Fsp3) is 0.370. The molecule has 2 aromatic carbocycles. The van der Waals surface area contributed by atoms with Crippen LogP contribution < -0.4 is 0 Å². The van der Waals surface area contributed by atoms with E-state index < -0.39 is 11.7 Å². The molecule has 2 aliphatic rings. The zero-order chi connectivity index (χ0) is 26.2. The molecule has 0 atom stereocenters. The molecule has 2 amide bonds. The first-order valence-corrected chi connectivity index (χ1v) is 13.0. The lowest BCUT2D eigenvalue weighted by atomic mass is 9.94. The van der Waals surface area contributed by atoms with Gasteiger partial charge < -0.3 is 9.80 Å². The molecule has 2 aliphatic heterocycles. The molecule has 2 fully saturated rings. The van der Waals surface area contributed by atoms with Crippen molar-refractivity contribution < 1.29 is 22.8 Å². The van der Waals surface area contributed by atoms with E-state index in [2.05, 4.69) is 9.27 Å². The van der Waals surface area contributed by atoms with Gasteiger partial charge in [0.1, 0.15) is 4.88 Å². The average molecular weight is 529 g/mol. The van der Waals surface area contributed by atoms with Crippen molar-refractivity contribution in [2.24, 2.45) is 0 Å². The molecule has 1 aromatic heterocycles. The minimum absolute atomic E-state index is 0.0259. The number of amides is 2. The van der Waals surface area contributed by atoms with Crippen LogP contribution >= 0.6 is 11.5 Å². The molecule has 3 heterocycles. The van der Waals surface area contributed by atoms with Crippen LogP contribution in [-0.2, 0) is 12.6 Å². The summed E-state index contributed by atoms with van der Waals surface area (Å²) in [5, 5.41) is 0. The fourth-order valence-corrected chi connectivity index (χ4v) is 5.50. The number of halogens is 3. The first kappa shape index (κ1) is 25.4. The highest BCUT2D eigenvalue weighted by atomic mass is 32.1. The van der Waals surface area contributed by atoms with Gasteiger partial charge in [0, 0.05) is 57.1 Å². The summed E-state index contributed by atoms with van der Waals surface area (Å²) >= 11 is 1.21. The molecule has 0 radical (unpaired) electrons. The topological polar surface area (TPSA) is 56.8 Å². The van der Waals surface area contributed by atoms with Gasteiger partial charge in [0.15, 0.2) is 0 Å². The number of hydrogen-bond donors (Lipinski definition) is 0. The zero-order valence-electron chi connectivity index (χ0n) is 20.4. The lowest BCUT2D eigenvalue weighted by molar-refractivity contribution is -0.137. The van der Waals surface area contributed by atoms with Crippen LogP contribution in [0.2, 0.25) is 0 Å². The zero-order valence-corrected chi connectivity index (χ0v) is 21.2. The minimum Gasteiger partial charge on any atom is -0.335 e. The number of aromatic nitrogens is 1. The van der Waals surface area contributed by atoms with E-state index in [1.807, 2.05) is 34.9 Å². The number of nitrogens with zero attached hydrogens (tertiary/aromatic N) is 4. The predicted molar refractivity (Wildman–Crippen MR) is 135 cm³/mol. The van der Waals surface area contributed by atoms with Crippen LogP contribution in [0.5, 0.6) is 0 Å². The van der Waals surface area contributed by atoms with E-state index >= 15 is 0 Å². The molecule has 0 N–H and O–H groups in total. The second-order valence-electron chi connectivity index (χ2n) is 9.53. The third kappa shape index (κ3) is 5.40. The van der Waals surface area contributed by atoms with Crippen LogP contribution in [0, 0.1) is 6.92 Å². The van der Waals surface area contributed by atoms with Crippen molar-refractivity contribution in [3.8, 4) is 0 Å². The molecule has 3 aromatic rings. The van der Waals surface area contributed by atoms with E-state index in [-0.39, 0.29) is 17.9 Å². The Morgan fingerprint density at radius 3 is 2.27 bits per heavy atom. The van der Waals surface area contributed by atoms with Crippen molar-refractivity contribution in [1.82, 2.24) is 19.1 Å². The highest BCUT2D eigenvalue weighted by Gasteiger charge is 2.37. The van der Waals surface area contributed by atoms with Crippen LogP contribution in [0.4, 0.5) is 13.2 Å². The van der Waals surface area contributed by atoms with Crippen LogP contribution in [0.25, 0.3) is 0 Å². The normalized spacial score (nSPS) is 17.1. The summed E-state index contributed by atoms with van der Waals surface area (Å²) in [7, 11) is 0. The number of benzene rings is 2. The van der Waals surface area contributed by atoms with Gasteiger partial charge in [0.2, 0.25) is 0 Å². The van der Waals surface area contributed by atoms with Crippen LogP contribution in [0.3, 0.4) is 0 Å². The first-order chi connectivity index (χ1) is 17.7. The number of carbonyl (C=O) groups is 2. The van der Waals surface area contributed by atoms with Gasteiger partial charge in [-0.2, -0.15) is 13.2 Å². The largest absolute Gasteiger partial charge is 0.416 e. The third-order valence-electron chi connectivity index (χ3n) is 7.27. The minimum atomic E-state index is -4.36. The number of rotatable bonds is 5. The van der Waals surface area contributed by atoms with Crippen molar-refractivity contribution in [2.45, 2.75) is 25.6 Å². The van der Waals surface area contributed by atoms with Crippen LogP contribution in [-0.4, -0.2) is 76.2 Å². The maximum absolute atomic E-state index is 13.2. The van der Waals surface area contributed by atoms with Gasteiger partial charge in [0.05, 0.1) is 5.56 Å². The molecule has 10 heteroatoms. The van der Waals surface area contributed by atoms with Gasteiger partial charge in [-0.3, -0.25) is 14.5 Å². The molecule has 0 bridgehead atoms. The van der Waals surface area contributed by atoms with Crippen molar-refractivity contribution in [2.75, 3.05) is 39.3 Å². The Morgan fingerprint density at radius 1 is 0.946 bits per heavy atom. The quantitative estimate of drug-likeness (QED) is 0.495. The molecule has 0 unspecified atom stereocenters. The first-order valence-electron chi connectivity index (χ1n) is 12.2. The van der Waals surface area contributed by atoms with Crippen molar-refractivity contribution in [1.29, 1.82) is 0 Å². The monoisotopic (exact) mass is 528 g/mol. The highest BCUT2D eigenvalue weighted by molar-refractivity contribution is 7.08. The summed E-state index contributed by atoms with van der Waals surface area (Å²) in [5.74, 6) is 0.00115. The summed E-state index contributed by atoms with van der Waals surface area (Å²) in [6, 6.07) is 12.7. The average Bonchev–Trinajstić information content (AvgIpc) is 3.39. The lowest BCUT2D eigenvalue weighted by Gasteiger charge is -2.48. The Kier molecular flexibility index (Phi) is 7.04. The number of carbonyl (C=O) groups excluding carboxylic acids is 2. The molecule has 5 rings (SSSR count). The molecule has 0 saturated carbocycles. The van der Waals surface area contributed by atoms with Gasteiger partial charge in [-0.15, -0.1) is 0 Å². The van der Waals surface area contributed by atoms with E-state index in [4.69, 9.17) is 0 Å². The molecular weight excluding hydrogens is 501 g/mol.